The molecule has 0 amide bonds. The van der Waals surface area contributed by atoms with Crippen molar-refractivity contribution in [3.8, 4) is 0 Å². The summed E-state index contributed by atoms with van der Waals surface area (Å²) in [6.45, 7) is 4.22. The van der Waals surface area contributed by atoms with Crippen molar-refractivity contribution in [1.82, 2.24) is 0 Å². The minimum atomic E-state index is -0.937. The first kappa shape index (κ1) is 12.6. The standard InChI is InChI=1S/C14H21NOS/c1-10-5-3-7-12(9-10)17(16)13-8-4-6-11(2)14(13)15/h4,6,8,10,12H,3,5,7,9,15H2,1-2H3. The van der Waals surface area contributed by atoms with Gasteiger partial charge >= 0.3 is 0 Å². The molecule has 1 aliphatic carbocycles. The van der Waals surface area contributed by atoms with Crippen molar-refractivity contribution in [1.29, 1.82) is 0 Å². The number of benzene rings is 1. The Morgan fingerprint density at radius 2 is 2.12 bits per heavy atom. The second-order valence-corrected chi connectivity index (χ2v) is 6.88. The smallest absolute Gasteiger partial charge is 0.0622 e. The van der Waals surface area contributed by atoms with Gasteiger partial charge in [0.05, 0.1) is 21.4 Å². The molecule has 3 heteroatoms. The van der Waals surface area contributed by atoms with Crippen LogP contribution in [-0.2, 0) is 10.8 Å². The van der Waals surface area contributed by atoms with Gasteiger partial charge in [-0.15, -0.1) is 0 Å². The van der Waals surface area contributed by atoms with Gasteiger partial charge in [-0.05, 0) is 37.3 Å². The van der Waals surface area contributed by atoms with Gasteiger partial charge in [0.15, 0.2) is 0 Å². The van der Waals surface area contributed by atoms with E-state index in [4.69, 9.17) is 5.73 Å². The summed E-state index contributed by atoms with van der Waals surface area (Å²) in [5.74, 6) is 0.698. The zero-order valence-electron chi connectivity index (χ0n) is 10.6. The fourth-order valence-corrected chi connectivity index (χ4v) is 4.42. The highest BCUT2D eigenvalue weighted by molar-refractivity contribution is 7.85. The highest BCUT2D eigenvalue weighted by Gasteiger charge is 2.26. The molecule has 1 aliphatic rings. The number of rotatable bonds is 2. The first-order valence-electron chi connectivity index (χ1n) is 6.35. The van der Waals surface area contributed by atoms with Crippen LogP contribution in [0.1, 0.15) is 38.2 Å². The van der Waals surface area contributed by atoms with Crippen LogP contribution in [-0.4, -0.2) is 9.46 Å². The van der Waals surface area contributed by atoms with Crippen molar-refractivity contribution in [2.45, 2.75) is 49.7 Å². The summed E-state index contributed by atoms with van der Waals surface area (Å²) in [5.41, 5.74) is 7.77. The van der Waals surface area contributed by atoms with Gasteiger partial charge in [0.2, 0.25) is 0 Å². The van der Waals surface area contributed by atoms with Crippen LogP contribution >= 0.6 is 0 Å². The number of para-hydroxylation sites is 1. The molecule has 0 spiro atoms. The van der Waals surface area contributed by atoms with Crippen LogP contribution in [0.25, 0.3) is 0 Å². The molecule has 0 bridgehead atoms. The molecule has 0 aliphatic heterocycles. The first-order chi connectivity index (χ1) is 8.09. The van der Waals surface area contributed by atoms with Crippen molar-refractivity contribution in [3.63, 3.8) is 0 Å². The molecule has 1 fully saturated rings. The van der Waals surface area contributed by atoms with E-state index in [0.717, 1.165) is 23.3 Å². The predicted molar refractivity (Wildman–Crippen MR) is 73.4 cm³/mol. The summed E-state index contributed by atoms with van der Waals surface area (Å²) in [7, 11) is -0.937. The Labute approximate surface area is 106 Å². The fourth-order valence-electron chi connectivity index (χ4n) is 2.58. The molecule has 3 atom stereocenters. The molecule has 1 saturated carbocycles. The Kier molecular flexibility index (Phi) is 3.87. The molecule has 17 heavy (non-hydrogen) atoms. The van der Waals surface area contributed by atoms with E-state index >= 15 is 0 Å². The third kappa shape index (κ3) is 2.71. The van der Waals surface area contributed by atoms with Gasteiger partial charge in [-0.1, -0.05) is 31.9 Å². The average Bonchev–Trinajstić information content (AvgIpc) is 2.32. The monoisotopic (exact) mass is 251 g/mol. The molecular formula is C14H21NOS. The van der Waals surface area contributed by atoms with Crippen molar-refractivity contribution in [2.75, 3.05) is 5.73 Å². The maximum atomic E-state index is 12.5. The Hall–Kier alpha value is -0.830. The van der Waals surface area contributed by atoms with Crippen LogP contribution in [0.4, 0.5) is 5.69 Å². The van der Waals surface area contributed by atoms with Crippen LogP contribution in [0.5, 0.6) is 0 Å². The van der Waals surface area contributed by atoms with Gasteiger partial charge < -0.3 is 5.73 Å². The molecule has 1 aromatic rings. The summed E-state index contributed by atoms with van der Waals surface area (Å²) < 4.78 is 12.5. The summed E-state index contributed by atoms with van der Waals surface area (Å²) in [5, 5.41) is 0.294. The zero-order chi connectivity index (χ0) is 12.4. The van der Waals surface area contributed by atoms with Gasteiger partial charge in [-0.2, -0.15) is 0 Å². The first-order valence-corrected chi connectivity index (χ1v) is 7.56. The van der Waals surface area contributed by atoms with E-state index in [1.807, 2.05) is 25.1 Å². The highest BCUT2D eigenvalue weighted by Crippen LogP contribution is 2.32. The van der Waals surface area contributed by atoms with E-state index in [1.54, 1.807) is 0 Å². The molecule has 0 heterocycles. The van der Waals surface area contributed by atoms with Crippen LogP contribution < -0.4 is 5.73 Å². The van der Waals surface area contributed by atoms with Gasteiger partial charge in [0.25, 0.3) is 0 Å². The fraction of sp³-hybridized carbons (Fsp3) is 0.571. The van der Waals surface area contributed by atoms with Gasteiger partial charge in [-0.25, -0.2) is 0 Å². The van der Waals surface area contributed by atoms with E-state index < -0.39 is 10.8 Å². The lowest BCUT2D eigenvalue weighted by molar-refractivity contribution is 0.389. The van der Waals surface area contributed by atoms with Crippen molar-refractivity contribution >= 4 is 16.5 Å². The molecule has 2 N–H and O–H groups in total. The minimum Gasteiger partial charge on any atom is -0.398 e. The average molecular weight is 251 g/mol. The lowest BCUT2D eigenvalue weighted by Gasteiger charge is -2.26. The minimum absolute atomic E-state index is 0.294. The number of anilines is 1. The Balaban J connectivity index is 2.22. The molecule has 94 valence electrons. The van der Waals surface area contributed by atoms with E-state index in [-0.39, 0.29) is 0 Å². The van der Waals surface area contributed by atoms with Crippen molar-refractivity contribution in [2.24, 2.45) is 5.92 Å². The van der Waals surface area contributed by atoms with Gasteiger partial charge in [-0.3, -0.25) is 4.21 Å². The zero-order valence-corrected chi connectivity index (χ0v) is 11.4. The Morgan fingerprint density at radius 1 is 1.35 bits per heavy atom. The molecular weight excluding hydrogens is 230 g/mol. The second-order valence-electron chi connectivity index (χ2n) is 5.18. The summed E-state index contributed by atoms with van der Waals surface area (Å²) in [6.07, 6.45) is 4.62. The van der Waals surface area contributed by atoms with E-state index in [1.165, 1.54) is 12.8 Å². The number of nitrogens with two attached hydrogens (primary N) is 1. The summed E-state index contributed by atoms with van der Waals surface area (Å²) in [4.78, 5) is 0.837. The van der Waals surface area contributed by atoms with Crippen LogP contribution in [0, 0.1) is 12.8 Å². The molecule has 0 saturated heterocycles. The van der Waals surface area contributed by atoms with Crippen molar-refractivity contribution < 1.29 is 4.21 Å². The van der Waals surface area contributed by atoms with Gasteiger partial charge in [0.1, 0.15) is 0 Å². The van der Waals surface area contributed by atoms with Crippen LogP contribution in [0.2, 0.25) is 0 Å². The largest absolute Gasteiger partial charge is 0.398 e. The third-order valence-corrected chi connectivity index (χ3v) is 5.52. The predicted octanol–water partition coefficient (Wildman–Crippen LogP) is 3.26. The Morgan fingerprint density at radius 3 is 2.82 bits per heavy atom. The SMILES string of the molecule is Cc1cccc(S(=O)C2CCCC(C)C2)c1N. The highest BCUT2D eigenvalue weighted by atomic mass is 32.2. The molecule has 2 nitrogen and oxygen atoms in total. The molecule has 0 radical (unpaired) electrons. The number of aryl methyl sites for hydroxylation is 1. The maximum absolute atomic E-state index is 12.5. The Bertz CT molecular complexity index is 430. The summed E-state index contributed by atoms with van der Waals surface area (Å²) in [6, 6.07) is 5.84. The normalized spacial score (nSPS) is 26.7. The number of hydrogen-bond donors (Lipinski definition) is 1. The summed E-state index contributed by atoms with van der Waals surface area (Å²) >= 11 is 0. The topological polar surface area (TPSA) is 43.1 Å². The maximum Gasteiger partial charge on any atom is 0.0622 e. The number of hydrogen-bond acceptors (Lipinski definition) is 2. The lowest BCUT2D eigenvalue weighted by Crippen LogP contribution is -2.23. The van der Waals surface area contributed by atoms with Crippen molar-refractivity contribution in [3.05, 3.63) is 23.8 Å². The quantitative estimate of drug-likeness (QED) is 0.820. The van der Waals surface area contributed by atoms with E-state index in [2.05, 4.69) is 6.92 Å². The number of nitrogen functional groups attached to an aromatic ring is 1. The second kappa shape index (κ2) is 5.21. The lowest BCUT2D eigenvalue weighted by atomic mass is 9.91. The molecule has 3 unspecified atom stereocenters. The van der Waals surface area contributed by atoms with E-state index in [9.17, 15) is 4.21 Å². The van der Waals surface area contributed by atoms with Crippen LogP contribution in [0.15, 0.2) is 23.1 Å². The molecule has 0 aromatic heterocycles. The van der Waals surface area contributed by atoms with E-state index in [0.29, 0.717) is 16.9 Å². The molecule has 2 rings (SSSR count). The van der Waals surface area contributed by atoms with Crippen LogP contribution in [0.3, 0.4) is 0 Å². The van der Waals surface area contributed by atoms with Gasteiger partial charge in [0, 0.05) is 5.25 Å². The molecule has 1 aromatic carbocycles. The third-order valence-electron chi connectivity index (χ3n) is 3.69.